The number of fused-ring (bicyclic) bond motifs is 6. The molecule has 236 valence electrons. The van der Waals surface area contributed by atoms with Gasteiger partial charge in [-0.1, -0.05) is 128 Å². The van der Waals surface area contributed by atoms with Gasteiger partial charge >= 0.3 is 0 Å². The van der Waals surface area contributed by atoms with Gasteiger partial charge in [0.1, 0.15) is 16.8 Å². The highest BCUT2D eigenvalue weighted by molar-refractivity contribution is 7.26. The minimum absolute atomic E-state index is 0.605. The van der Waals surface area contributed by atoms with Crippen molar-refractivity contribution in [2.24, 2.45) is 0 Å². The van der Waals surface area contributed by atoms with Gasteiger partial charge in [-0.05, 0) is 24.3 Å². The van der Waals surface area contributed by atoms with Crippen LogP contribution in [0.4, 0.5) is 0 Å². The standard InChI is InChI=1S/C43H27N5OS/c1-3-14-26(4-2)37-39-38(30-19-11-12-21-33(30)49-39)45-42(44-37)29-23-24-31-35(25-29)50-34-22-13-20-32(36(31)34)43-47-40(27-15-7-5-8-16-27)46-41(48-43)28-17-9-6-10-18-28/h3-25H,1-2H2/b26-14+. The van der Waals surface area contributed by atoms with E-state index < -0.39 is 0 Å². The molecule has 0 fully saturated rings. The second-order valence-corrected chi connectivity index (χ2v) is 12.8. The van der Waals surface area contributed by atoms with E-state index in [0.717, 1.165) is 64.5 Å². The van der Waals surface area contributed by atoms with E-state index in [0.29, 0.717) is 34.6 Å². The largest absolute Gasteiger partial charge is 0.452 e. The number of hydrogen-bond acceptors (Lipinski definition) is 7. The van der Waals surface area contributed by atoms with Crippen molar-refractivity contribution < 1.29 is 4.42 Å². The van der Waals surface area contributed by atoms with Gasteiger partial charge in [-0.15, -0.1) is 11.3 Å². The molecule has 0 bridgehead atoms. The second-order valence-electron chi connectivity index (χ2n) is 11.8. The molecule has 0 atom stereocenters. The van der Waals surface area contributed by atoms with E-state index >= 15 is 0 Å². The summed E-state index contributed by atoms with van der Waals surface area (Å²) in [5.74, 6) is 2.50. The molecule has 0 aliphatic heterocycles. The zero-order chi connectivity index (χ0) is 33.6. The number of benzene rings is 5. The first kappa shape index (κ1) is 29.6. The summed E-state index contributed by atoms with van der Waals surface area (Å²) in [5, 5.41) is 3.15. The Balaban J connectivity index is 1.23. The van der Waals surface area contributed by atoms with Crippen LogP contribution in [0.1, 0.15) is 5.69 Å². The Bertz CT molecular complexity index is 2740. The average Bonchev–Trinajstić information content (AvgIpc) is 3.75. The molecule has 0 saturated carbocycles. The Kier molecular flexibility index (Phi) is 7.18. The molecule has 5 aromatic carbocycles. The van der Waals surface area contributed by atoms with Crippen LogP contribution in [0.15, 0.2) is 157 Å². The van der Waals surface area contributed by atoms with Crippen LogP contribution in [0.5, 0.6) is 0 Å². The van der Waals surface area contributed by atoms with E-state index in [1.54, 1.807) is 23.5 Å². The molecule has 50 heavy (non-hydrogen) atoms. The number of hydrogen-bond donors (Lipinski definition) is 0. The lowest BCUT2D eigenvalue weighted by Gasteiger charge is -2.09. The van der Waals surface area contributed by atoms with Crippen LogP contribution >= 0.6 is 11.3 Å². The van der Waals surface area contributed by atoms with Crippen molar-refractivity contribution in [3.63, 3.8) is 0 Å². The molecule has 0 radical (unpaired) electrons. The Labute approximate surface area is 291 Å². The van der Waals surface area contributed by atoms with E-state index in [2.05, 4.69) is 49.6 Å². The van der Waals surface area contributed by atoms with Gasteiger partial charge < -0.3 is 4.42 Å². The monoisotopic (exact) mass is 661 g/mol. The summed E-state index contributed by atoms with van der Waals surface area (Å²) in [6.45, 7) is 7.92. The van der Waals surface area contributed by atoms with Crippen LogP contribution in [-0.2, 0) is 0 Å². The minimum Gasteiger partial charge on any atom is -0.452 e. The molecule has 4 aromatic heterocycles. The summed E-state index contributed by atoms with van der Waals surface area (Å²) in [7, 11) is 0. The predicted molar refractivity (Wildman–Crippen MR) is 206 cm³/mol. The van der Waals surface area contributed by atoms with Crippen molar-refractivity contribution in [3.8, 4) is 45.6 Å². The SMILES string of the molecule is C=C/C=C(\C=C)c1nc(-c2ccc3c(c2)sc2cccc(-c4nc(-c5ccccc5)nc(-c5ccccc5)n4)c23)nc2c1oc1ccccc12. The topological polar surface area (TPSA) is 77.6 Å². The molecular formula is C43H27N5OS. The van der Waals surface area contributed by atoms with Crippen molar-refractivity contribution in [1.29, 1.82) is 0 Å². The third kappa shape index (κ3) is 5.00. The fraction of sp³-hybridized carbons (Fsp3) is 0. The average molecular weight is 662 g/mol. The van der Waals surface area contributed by atoms with E-state index in [9.17, 15) is 0 Å². The smallest absolute Gasteiger partial charge is 0.180 e. The summed E-state index contributed by atoms with van der Waals surface area (Å²) in [4.78, 5) is 25.1. The highest BCUT2D eigenvalue weighted by Gasteiger charge is 2.20. The quantitative estimate of drug-likeness (QED) is 0.158. The maximum Gasteiger partial charge on any atom is 0.180 e. The first-order chi connectivity index (χ1) is 24.7. The van der Waals surface area contributed by atoms with Gasteiger partial charge in [-0.3, -0.25) is 0 Å². The third-order valence-corrected chi connectivity index (χ3v) is 9.82. The first-order valence-corrected chi connectivity index (χ1v) is 17.0. The number of para-hydroxylation sites is 1. The fourth-order valence-electron chi connectivity index (χ4n) is 6.37. The minimum atomic E-state index is 0.605. The lowest BCUT2D eigenvalue weighted by Crippen LogP contribution is -2.00. The van der Waals surface area contributed by atoms with Crippen LogP contribution in [0, 0.1) is 0 Å². The molecule has 0 unspecified atom stereocenters. The van der Waals surface area contributed by atoms with Gasteiger partial charge in [-0.2, -0.15) is 0 Å². The lowest BCUT2D eigenvalue weighted by molar-refractivity contribution is 0.664. The summed E-state index contributed by atoms with van der Waals surface area (Å²) < 4.78 is 8.53. The van der Waals surface area contributed by atoms with Crippen molar-refractivity contribution in [3.05, 3.63) is 158 Å². The number of allylic oxidation sites excluding steroid dienone is 4. The normalized spacial score (nSPS) is 11.9. The molecule has 0 aliphatic carbocycles. The van der Waals surface area contributed by atoms with Crippen LogP contribution < -0.4 is 0 Å². The van der Waals surface area contributed by atoms with Gasteiger partial charge in [0, 0.05) is 53.4 Å². The van der Waals surface area contributed by atoms with Gasteiger partial charge in [0.15, 0.2) is 28.9 Å². The maximum absolute atomic E-state index is 6.28. The van der Waals surface area contributed by atoms with E-state index in [1.165, 1.54) is 0 Å². The number of rotatable bonds is 7. The Morgan fingerprint density at radius 2 is 1.26 bits per heavy atom. The van der Waals surface area contributed by atoms with Crippen LogP contribution in [0.25, 0.3) is 93.4 Å². The van der Waals surface area contributed by atoms with Gasteiger partial charge in [0.25, 0.3) is 0 Å². The zero-order valence-corrected chi connectivity index (χ0v) is 27.6. The lowest BCUT2D eigenvalue weighted by atomic mass is 10.0. The number of furan rings is 1. The highest BCUT2D eigenvalue weighted by Crippen LogP contribution is 2.42. The van der Waals surface area contributed by atoms with Crippen LogP contribution in [-0.4, -0.2) is 24.9 Å². The number of nitrogens with zero attached hydrogens (tertiary/aromatic N) is 5. The van der Waals surface area contributed by atoms with Crippen molar-refractivity contribution in [1.82, 2.24) is 24.9 Å². The van der Waals surface area contributed by atoms with Crippen LogP contribution in [0.2, 0.25) is 0 Å². The van der Waals surface area contributed by atoms with E-state index in [4.69, 9.17) is 29.3 Å². The highest BCUT2D eigenvalue weighted by atomic mass is 32.1. The molecule has 9 aromatic rings. The summed E-state index contributed by atoms with van der Waals surface area (Å²) in [6, 6.07) is 40.7. The van der Waals surface area contributed by atoms with Gasteiger partial charge in [0.2, 0.25) is 0 Å². The van der Waals surface area contributed by atoms with E-state index in [1.807, 2.05) is 91.0 Å². The van der Waals surface area contributed by atoms with Gasteiger partial charge in [0.05, 0.1) is 0 Å². The second kappa shape index (κ2) is 12.1. The molecule has 0 aliphatic rings. The Hall–Kier alpha value is -6.57. The molecule has 0 saturated heterocycles. The number of aromatic nitrogens is 5. The summed E-state index contributed by atoms with van der Waals surface area (Å²) in [5.41, 5.74) is 7.35. The fourth-order valence-corrected chi connectivity index (χ4v) is 7.54. The molecular weight excluding hydrogens is 635 g/mol. The Morgan fingerprint density at radius 1 is 0.580 bits per heavy atom. The Morgan fingerprint density at radius 3 is 1.98 bits per heavy atom. The van der Waals surface area contributed by atoms with E-state index in [-0.39, 0.29) is 0 Å². The summed E-state index contributed by atoms with van der Waals surface area (Å²) >= 11 is 1.73. The summed E-state index contributed by atoms with van der Waals surface area (Å²) in [6.07, 6.45) is 5.38. The zero-order valence-electron chi connectivity index (χ0n) is 26.7. The van der Waals surface area contributed by atoms with Crippen molar-refractivity contribution in [2.75, 3.05) is 0 Å². The van der Waals surface area contributed by atoms with Crippen LogP contribution in [0.3, 0.4) is 0 Å². The molecule has 7 heteroatoms. The maximum atomic E-state index is 6.28. The first-order valence-electron chi connectivity index (χ1n) is 16.2. The van der Waals surface area contributed by atoms with Gasteiger partial charge in [-0.25, -0.2) is 24.9 Å². The number of thiophene rings is 1. The molecule has 9 rings (SSSR count). The molecule has 0 amide bonds. The van der Waals surface area contributed by atoms with Crippen molar-refractivity contribution in [2.45, 2.75) is 0 Å². The molecule has 0 spiro atoms. The molecule has 0 N–H and O–H groups in total. The van der Waals surface area contributed by atoms with Crippen molar-refractivity contribution >= 4 is 59.2 Å². The third-order valence-electron chi connectivity index (χ3n) is 8.71. The molecule has 6 nitrogen and oxygen atoms in total. The molecule has 4 heterocycles. The predicted octanol–water partition coefficient (Wildman–Crippen LogP) is 11.4.